The molecular formula is C18H17BrO. The van der Waals surface area contributed by atoms with Crippen LogP contribution < -0.4 is 0 Å². The summed E-state index contributed by atoms with van der Waals surface area (Å²) in [6.45, 7) is 2.00. The first-order chi connectivity index (χ1) is 9.63. The van der Waals surface area contributed by atoms with Gasteiger partial charge in [0.1, 0.15) is 0 Å². The molecule has 3 rings (SSSR count). The topological polar surface area (TPSA) is 17.1 Å². The minimum atomic E-state index is 0.0922. The summed E-state index contributed by atoms with van der Waals surface area (Å²) >= 11 is 3.45. The third kappa shape index (κ3) is 2.71. The van der Waals surface area contributed by atoms with Crippen LogP contribution in [0.5, 0.6) is 0 Å². The Labute approximate surface area is 128 Å². The molecule has 0 radical (unpaired) electrons. The zero-order valence-corrected chi connectivity index (χ0v) is 13.1. The standard InChI is InChI=1S/C18H17BrO/c1-12-9-16(11-17(19)10-12)18(20)15-7-5-14(6-8-15)13-3-2-4-13/h5-11,13H,2-4H2,1H3. The highest BCUT2D eigenvalue weighted by Crippen LogP contribution is 2.36. The molecule has 102 valence electrons. The second-order valence-electron chi connectivity index (χ2n) is 5.60. The van der Waals surface area contributed by atoms with Gasteiger partial charge in [-0.3, -0.25) is 4.79 Å². The number of hydrogen-bond acceptors (Lipinski definition) is 1. The van der Waals surface area contributed by atoms with Crippen LogP contribution in [-0.2, 0) is 0 Å². The van der Waals surface area contributed by atoms with E-state index in [4.69, 9.17) is 0 Å². The van der Waals surface area contributed by atoms with Gasteiger partial charge in [-0.1, -0.05) is 46.6 Å². The number of benzene rings is 2. The SMILES string of the molecule is Cc1cc(Br)cc(C(=O)c2ccc(C3CCC3)cc2)c1. The third-order valence-corrected chi connectivity index (χ3v) is 4.51. The zero-order valence-electron chi connectivity index (χ0n) is 11.5. The molecule has 2 heteroatoms. The Kier molecular flexibility index (Phi) is 3.75. The van der Waals surface area contributed by atoms with Gasteiger partial charge < -0.3 is 0 Å². The van der Waals surface area contributed by atoms with Gasteiger partial charge in [0.05, 0.1) is 0 Å². The zero-order chi connectivity index (χ0) is 14.1. The molecule has 0 aliphatic heterocycles. The van der Waals surface area contributed by atoms with Gasteiger partial charge in [0, 0.05) is 15.6 Å². The maximum Gasteiger partial charge on any atom is 0.193 e. The second kappa shape index (κ2) is 5.53. The monoisotopic (exact) mass is 328 g/mol. The molecular weight excluding hydrogens is 312 g/mol. The van der Waals surface area contributed by atoms with Crippen molar-refractivity contribution in [2.75, 3.05) is 0 Å². The van der Waals surface area contributed by atoms with E-state index in [0.29, 0.717) is 5.92 Å². The summed E-state index contributed by atoms with van der Waals surface area (Å²) < 4.78 is 0.951. The number of hydrogen-bond donors (Lipinski definition) is 0. The van der Waals surface area contributed by atoms with Crippen LogP contribution in [0.2, 0.25) is 0 Å². The lowest BCUT2D eigenvalue weighted by atomic mass is 9.80. The van der Waals surface area contributed by atoms with Crippen molar-refractivity contribution < 1.29 is 4.79 Å². The molecule has 1 fully saturated rings. The predicted octanol–water partition coefficient (Wildman–Crippen LogP) is 5.26. The fourth-order valence-corrected chi connectivity index (χ4v) is 3.29. The molecule has 0 aromatic heterocycles. The quantitative estimate of drug-likeness (QED) is 0.702. The highest BCUT2D eigenvalue weighted by Gasteiger charge is 2.19. The van der Waals surface area contributed by atoms with Crippen LogP contribution in [0.1, 0.15) is 52.2 Å². The smallest absolute Gasteiger partial charge is 0.193 e. The summed E-state index contributed by atoms with van der Waals surface area (Å²) in [5.74, 6) is 0.807. The average molecular weight is 329 g/mol. The van der Waals surface area contributed by atoms with Crippen molar-refractivity contribution in [2.24, 2.45) is 0 Å². The van der Waals surface area contributed by atoms with Crippen molar-refractivity contribution in [3.8, 4) is 0 Å². The lowest BCUT2D eigenvalue weighted by molar-refractivity contribution is 0.103. The number of ketones is 1. The van der Waals surface area contributed by atoms with Crippen LogP contribution in [0.3, 0.4) is 0 Å². The molecule has 2 aromatic rings. The highest BCUT2D eigenvalue weighted by atomic mass is 79.9. The number of halogens is 1. The number of carbonyl (C=O) groups excluding carboxylic acids is 1. The Morgan fingerprint density at radius 3 is 2.30 bits per heavy atom. The van der Waals surface area contributed by atoms with E-state index in [1.54, 1.807) is 0 Å². The van der Waals surface area contributed by atoms with E-state index in [1.807, 2.05) is 37.3 Å². The summed E-state index contributed by atoms with van der Waals surface area (Å²) in [6, 6.07) is 14.0. The Balaban J connectivity index is 1.86. The Morgan fingerprint density at radius 2 is 1.75 bits per heavy atom. The van der Waals surface area contributed by atoms with Gasteiger partial charge in [-0.15, -0.1) is 0 Å². The molecule has 20 heavy (non-hydrogen) atoms. The van der Waals surface area contributed by atoms with Crippen molar-refractivity contribution in [2.45, 2.75) is 32.1 Å². The first-order valence-electron chi connectivity index (χ1n) is 7.05. The van der Waals surface area contributed by atoms with Crippen LogP contribution >= 0.6 is 15.9 Å². The summed E-state index contributed by atoms with van der Waals surface area (Å²) in [6.07, 6.45) is 3.92. The van der Waals surface area contributed by atoms with Crippen LogP contribution in [0.4, 0.5) is 0 Å². The lowest BCUT2D eigenvalue weighted by Crippen LogP contribution is -2.09. The van der Waals surface area contributed by atoms with Gasteiger partial charge in [-0.2, -0.15) is 0 Å². The summed E-state index contributed by atoms with van der Waals surface area (Å²) in [5, 5.41) is 0. The predicted molar refractivity (Wildman–Crippen MR) is 85.3 cm³/mol. The Morgan fingerprint density at radius 1 is 1.05 bits per heavy atom. The molecule has 0 saturated heterocycles. The summed E-state index contributed by atoms with van der Waals surface area (Å²) in [7, 11) is 0. The van der Waals surface area contributed by atoms with E-state index in [9.17, 15) is 4.79 Å². The van der Waals surface area contributed by atoms with E-state index in [1.165, 1.54) is 24.8 Å². The largest absolute Gasteiger partial charge is 0.289 e. The first-order valence-corrected chi connectivity index (χ1v) is 7.84. The van der Waals surface area contributed by atoms with Crippen LogP contribution in [0.25, 0.3) is 0 Å². The molecule has 0 bridgehead atoms. The van der Waals surface area contributed by atoms with Crippen molar-refractivity contribution in [1.82, 2.24) is 0 Å². The minimum Gasteiger partial charge on any atom is -0.289 e. The van der Waals surface area contributed by atoms with Crippen molar-refractivity contribution >= 4 is 21.7 Å². The number of carbonyl (C=O) groups is 1. The summed E-state index contributed by atoms with van der Waals surface area (Å²) in [4.78, 5) is 12.5. The molecule has 1 aliphatic carbocycles. The molecule has 1 saturated carbocycles. The van der Waals surface area contributed by atoms with Crippen molar-refractivity contribution in [1.29, 1.82) is 0 Å². The lowest BCUT2D eigenvalue weighted by Gasteiger charge is -2.25. The number of rotatable bonds is 3. The molecule has 0 N–H and O–H groups in total. The van der Waals surface area contributed by atoms with E-state index in [-0.39, 0.29) is 5.78 Å². The second-order valence-corrected chi connectivity index (χ2v) is 6.51. The van der Waals surface area contributed by atoms with Gasteiger partial charge in [0.15, 0.2) is 5.78 Å². The van der Waals surface area contributed by atoms with Crippen molar-refractivity contribution in [3.05, 3.63) is 69.2 Å². The molecule has 1 nitrogen and oxygen atoms in total. The van der Waals surface area contributed by atoms with Gasteiger partial charge >= 0.3 is 0 Å². The molecule has 1 aliphatic rings. The molecule has 2 aromatic carbocycles. The van der Waals surface area contributed by atoms with Gasteiger partial charge in [-0.25, -0.2) is 0 Å². The van der Waals surface area contributed by atoms with Crippen LogP contribution in [-0.4, -0.2) is 5.78 Å². The molecule has 0 heterocycles. The van der Waals surface area contributed by atoms with E-state index >= 15 is 0 Å². The first kappa shape index (κ1) is 13.6. The van der Waals surface area contributed by atoms with Gasteiger partial charge in [-0.05, 0) is 55.0 Å². The normalized spacial score (nSPS) is 14.9. The van der Waals surface area contributed by atoms with E-state index < -0.39 is 0 Å². The van der Waals surface area contributed by atoms with Crippen LogP contribution in [0.15, 0.2) is 46.9 Å². The molecule has 0 atom stereocenters. The van der Waals surface area contributed by atoms with Gasteiger partial charge in [0.25, 0.3) is 0 Å². The van der Waals surface area contributed by atoms with Crippen molar-refractivity contribution in [3.63, 3.8) is 0 Å². The van der Waals surface area contributed by atoms with E-state index in [0.717, 1.165) is 21.2 Å². The fourth-order valence-electron chi connectivity index (χ4n) is 2.68. The highest BCUT2D eigenvalue weighted by molar-refractivity contribution is 9.10. The Hall–Kier alpha value is -1.41. The maximum atomic E-state index is 12.5. The molecule has 0 amide bonds. The maximum absolute atomic E-state index is 12.5. The summed E-state index contributed by atoms with van der Waals surface area (Å²) in [5.41, 5.74) is 3.98. The van der Waals surface area contributed by atoms with Gasteiger partial charge in [0.2, 0.25) is 0 Å². The molecule has 0 unspecified atom stereocenters. The fraction of sp³-hybridized carbons (Fsp3) is 0.278. The Bertz CT molecular complexity index is 619. The number of aryl methyl sites for hydroxylation is 1. The average Bonchev–Trinajstić information content (AvgIpc) is 2.35. The third-order valence-electron chi connectivity index (χ3n) is 4.05. The minimum absolute atomic E-state index is 0.0922. The van der Waals surface area contributed by atoms with Crippen LogP contribution in [0, 0.1) is 6.92 Å². The van der Waals surface area contributed by atoms with E-state index in [2.05, 4.69) is 28.1 Å². The molecule has 0 spiro atoms.